The van der Waals surface area contributed by atoms with Gasteiger partial charge in [0.15, 0.2) is 0 Å². The Kier molecular flexibility index (Phi) is 9.85. The van der Waals surface area contributed by atoms with Gasteiger partial charge < -0.3 is 4.52 Å². The van der Waals surface area contributed by atoms with E-state index in [1.165, 1.54) is 51.4 Å². The van der Waals surface area contributed by atoms with Gasteiger partial charge in [-0.1, -0.05) is 50.7 Å². The molecule has 0 aliphatic heterocycles. The van der Waals surface area contributed by atoms with Crippen molar-refractivity contribution < 1.29 is 4.52 Å². The fraction of sp³-hybridized carbons (Fsp3) is 0.846. The van der Waals surface area contributed by atoms with Gasteiger partial charge in [0.05, 0.1) is 6.10 Å². The number of rotatable bonds is 2. The van der Waals surface area contributed by atoms with Crippen LogP contribution >= 0.6 is 29.3 Å². The predicted octanol–water partition coefficient (Wildman–Crippen LogP) is 6.55. The molecular formula is C13H23Cl2OP. The zero-order chi connectivity index (χ0) is 12.3. The van der Waals surface area contributed by atoms with Crippen LogP contribution in [0.15, 0.2) is 12.2 Å². The summed E-state index contributed by atoms with van der Waals surface area (Å²) < 4.78 is 5.57. The first kappa shape index (κ1) is 15.8. The molecule has 1 aliphatic carbocycles. The van der Waals surface area contributed by atoms with Crippen molar-refractivity contribution in [3.63, 3.8) is 0 Å². The SMILES string of the molecule is ClP(Cl)OC1C/C=C\CCCCCCCCC1. The summed E-state index contributed by atoms with van der Waals surface area (Å²) in [6.45, 7) is -1.27. The summed E-state index contributed by atoms with van der Waals surface area (Å²) in [6, 6.07) is 0. The average Bonchev–Trinajstić information content (AvgIpc) is 2.30. The Labute approximate surface area is 116 Å². The molecule has 1 rings (SSSR count). The molecule has 0 heterocycles. The Balaban J connectivity index is 2.34. The Morgan fingerprint density at radius 1 is 0.882 bits per heavy atom. The summed E-state index contributed by atoms with van der Waals surface area (Å²) in [7, 11) is 0. The minimum absolute atomic E-state index is 0.216. The molecule has 0 N–H and O–H groups in total. The quantitative estimate of drug-likeness (QED) is 0.415. The Bertz CT molecular complexity index is 210. The molecule has 17 heavy (non-hydrogen) atoms. The van der Waals surface area contributed by atoms with Crippen LogP contribution in [0.25, 0.3) is 0 Å². The first-order chi connectivity index (χ1) is 8.29. The second-order valence-electron chi connectivity index (χ2n) is 4.69. The van der Waals surface area contributed by atoms with Gasteiger partial charge in [-0.3, -0.25) is 0 Å². The minimum atomic E-state index is -1.27. The highest BCUT2D eigenvalue weighted by Gasteiger charge is 2.12. The van der Waals surface area contributed by atoms with Crippen molar-refractivity contribution in [2.45, 2.75) is 70.3 Å². The molecule has 1 atom stereocenters. The van der Waals surface area contributed by atoms with Crippen LogP contribution < -0.4 is 0 Å². The molecule has 0 aromatic heterocycles. The molecule has 0 spiro atoms. The van der Waals surface area contributed by atoms with Gasteiger partial charge in [0.25, 0.3) is 0 Å². The lowest BCUT2D eigenvalue weighted by molar-refractivity contribution is 0.220. The first-order valence-corrected chi connectivity index (χ1v) is 9.79. The smallest absolute Gasteiger partial charge is 0.225 e. The van der Waals surface area contributed by atoms with Crippen molar-refractivity contribution in [3.8, 4) is 0 Å². The second kappa shape index (κ2) is 10.6. The van der Waals surface area contributed by atoms with Gasteiger partial charge >= 0.3 is 0 Å². The zero-order valence-electron chi connectivity index (χ0n) is 10.4. The highest BCUT2D eigenvalue weighted by molar-refractivity contribution is 8.00. The molecule has 0 fully saturated rings. The maximum atomic E-state index is 5.75. The number of allylic oxidation sites excluding steroid dienone is 1. The molecule has 0 bridgehead atoms. The molecule has 4 heteroatoms. The maximum absolute atomic E-state index is 5.75. The first-order valence-electron chi connectivity index (χ1n) is 6.72. The lowest BCUT2D eigenvalue weighted by atomic mass is 10.1. The number of hydrogen-bond donors (Lipinski definition) is 0. The van der Waals surface area contributed by atoms with Gasteiger partial charge in [-0.05, 0) is 48.2 Å². The molecule has 1 aliphatic rings. The van der Waals surface area contributed by atoms with E-state index in [-0.39, 0.29) is 6.10 Å². The third-order valence-electron chi connectivity index (χ3n) is 3.19. The van der Waals surface area contributed by atoms with Crippen LogP contribution in [0.5, 0.6) is 0 Å². The van der Waals surface area contributed by atoms with Crippen LogP contribution in [0.2, 0.25) is 0 Å². The third-order valence-corrected chi connectivity index (χ3v) is 4.13. The van der Waals surface area contributed by atoms with Crippen molar-refractivity contribution in [1.82, 2.24) is 0 Å². The topological polar surface area (TPSA) is 9.23 Å². The van der Waals surface area contributed by atoms with Gasteiger partial charge in [0, 0.05) is 0 Å². The van der Waals surface area contributed by atoms with Crippen molar-refractivity contribution in [2.75, 3.05) is 0 Å². The predicted molar refractivity (Wildman–Crippen MR) is 78.8 cm³/mol. The van der Waals surface area contributed by atoms with E-state index in [2.05, 4.69) is 12.2 Å². The Morgan fingerprint density at radius 3 is 2.24 bits per heavy atom. The highest BCUT2D eigenvalue weighted by Crippen LogP contribution is 2.49. The van der Waals surface area contributed by atoms with Crippen molar-refractivity contribution >= 4 is 29.3 Å². The largest absolute Gasteiger partial charge is 0.328 e. The summed E-state index contributed by atoms with van der Waals surface area (Å²) >= 11 is 11.5. The van der Waals surface area contributed by atoms with E-state index in [4.69, 9.17) is 27.0 Å². The normalized spacial score (nSPS) is 26.9. The maximum Gasteiger partial charge on any atom is 0.225 e. The van der Waals surface area contributed by atoms with Gasteiger partial charge in [-0.2, -0.15) is 0 Å². The van der Waals surface area contributed by atoms with Crippen LogP contribution in [0.4, 0.5) is 0 Å². The van der Waals surface area contributed by atoms with E-state index >= 15 is 0 Å². The molecule has 0 saturated carbocycles. The van der Waals surface area contributed by atoms with Crippen LogP contribution in [0.3, 0.4) is 0 Å². The molecule has 1 nitrogen and oxygen atoms in total. The zero-order valence-corrected chi connectivity index (χ0v) is 12.8. The fourth-order valence-corrected chi connectivity index (χ4v) is 3.30. The van der Waals surface area contributed by atoms with E-state index in [1.54, 1.807) is 0 Å². The van der Waals surface area contributed by atoms with Crippen molar-refractivity contribution in [3.05, 3.63) is 12.2 Å². The van der Waals surface area contributed by atoms with E-state index in [0.717, 1.165) is 12.8 Å². The van der Waals surface area contributed by atoms with E-state index < -0.39 is 6.85 Å². The monoisotopic (exact) mass is 296 g/mol. The third kappa shape index (κ3) is 9.31. The standard InChI is InChI=1S/C13H23Cl2OP/c14-17(15)16-13-11-9-7-5-3-1-2-4-6-8-10-12-13/h7,9,13H,1-6,8,10-12H2/b9-7-. The molecule has 0 aromatic rings. The molecule has 0 amide bonds. The summed E-state index contributed by atoms with van der Waals surface area (Å²) in [5.41, 5.74) is 0. The van der Waals surface area contributed by atoms with Crippen LogP contribution in [0.1, 0.15) is 64.2 Å². The summed E-state index contributed by atoms with van der Waals surface area (Å²) in [6.07, 6.45) is 17.3. The molecule has 100 valence electrons. The van der Waals surface area contributed by atoms with Crippen LogP contribution in [-0.2, 0) is 4.52 Å². The van der Waals surface area contributed by atoms with E-state index in [1.807, 2.05) is 0 Å². The van der Waals surface area contributed by atoms with Gasteiger partial charge in [-0.25, -0.2) is 0 Å². The molecular weight excluding hydrogens is 274 g/mol. The van der Waals surface area contributed by atoms with Gasteiger partial charge in [-0.15, -0.1) is 0 Å². The number of hydrogen-bond acceptors (Lipinski definition) is 1. The van der Waals surface area contributed by atoms with E-state index in [0.29, 0.717) is 0 Å². The van der Waals surface area contributed by atoms with Crippen LogP contribution in [-0.4, -0.2) is 6.10 Å². The fourth-order valence-electron chi connectivity index (χ4n) is 2.21. The van der Waals surface area contributed by atoms with E-state index in [9.17, 15) is 0 Å². The van der Waals surface area contributed by atoms with Crippen molar-refractivity contribution in [1.29, 1.82) is 0 Å². The van der Waals surface area contributed by atoms with Gasteiger partial charge in [0.2, 0.25) is 6.85 Å². The number of halogens is 2. The lowest BCUT2D eigenvalue weighted by Crippen LogP contribution is -2.07. The second-order valence-corrected chi connectivity index (χ2v) is 7.66. The van der Waals surface area contributed by atoms with Gasteiger partial charge in [0.1, 0.15) is 0 Å². The Morgan fingerprint density at radius 2 is 1.53 bits per heavy atom. The molecule has 0 radical (unpaired) electrons. The molecule has 0 saturated heterocycles. The van der Waals surface area contributed by atoms with Crippen LogP contribution in [0, 0.1) is 0 Å². The summed E-state index contributed by atoms with van der Waals surface area (Å²) in [4.78, 5) is 0. The average molecular weight is 297 g/mol. The Hall–Kier alpha value is 0.710. The minimum Gasteiger partial charge on any atom is -0.328 e. The summed E-state index contributed by atoms with van der Waals surface area (Å²) in [5, 5.41) is 0. The lowest BCUT2D eigenvalue weighted by Gasteiger charge is -2.16. The highest BCUT2D eigenvalue weighted by atomic mass is 35.9. The molecule has 1 unspecified atom stereocenters. The summed E-state index contributed by atoms with van der Waals surface area (Å²) in [5.74, 6) is 0. The molecule has 0 aromatic carbocycles. The van der Waals surface area contributed by atoms with Crippen molar-refractivity contribution in [2.24, 2.45) is 0 Å².